The van der Waals surface area contributed by atoms with Gasteiger partial charge in [0.1, 0.15) is 0 Å². The van der Waals surface area contributed by atoms with Crippen LogP contribution in [0, 0.1) is 0 Å². The number of carbonyl (C=O) groups is 2. The van der Waals surface area contributed by atoms with Crippen LogP contribution in [0.3, 0.4) is 0 Å². The van der Waals surface area contributed by atoms with Gasteiger partial charge >= 0.3 is 5.97 Å². The van der Waals surface area contributed by atoms with Gasteiger partial charge in [0, 0.05) is 17.6 Å². The molecule has 114 valence electrons. The first-order valence-corrected chi connectivity index (χ1v) is 7.39. The normalized spacial score (nSPS) is 18.6. The minimum Gasteiger partial charge on any atom is -0.481 e. The second-order valence-corrected chi connectivity index (χ2v) is 5.70. The fraction of sp³-hybridized carbons (Fsp3) is 0.467. The van der Waals surface area contributed by atoms with E-state index in [9.17, 15) is 9.59 Å². The van der Waals surface area contributed by atoms with Crippen molar-refractivity contribution in [2.75, 3.05) is 13.1 Å². The fourth-order valence-electron chi connectivity index (χ4n) is 2.58. The van der Waals surface area contributed by atoms with Crippen LogP contribution in [0.5, 0.6) is 0 Å². The average Bonchev–Trinajstić information content (AvgIpc) is 2.84. The van der Waals surface area contributed by atoms with Gasteiger partial charge in [0.15, 0.2) is 0 Å². The van der Waals surface area contributed by atoms with E-state index in [1.54, 1.807) is 12.1 Å². The summed E-state index contributed by atoms with van der Waals surface area (Å²) >= 11 is 5.80. The molecule has 1 saturated heterocycles. The van der Waals surface area contributed by atoms with Crippen LogP contribution < -0.4 is 5.32 Å². The van der Waals surface area contributed by atoms with E-state index in [1.807, 2.05) is 17.0 Å². The van der Waals surface area contributed by atoms with Crippen LogP contribution in [0.25, 0.3) is 0 Å². The van der Waals surface area contributed by atoms with E-state index in [4.69, 9.17) is 16.7 Å². The molecule has 0 radical (unpaired) electrons. The maximum Gasteiger partial charge on any atom is 0.304 e. The van der Waals surface area contributed by atoms with Crippen LogP contribution in [0.1, 0.15) is 24.8 Å². The monoisotopic (exact) mass is 310 g/mol. The van der Waals surface area contributed by atoms with Gasteiger partial charge in [-0.15, -0.1) is 0 Å². The van der Waals surface area contributed by atoms with Crippen molar-refractivity contribution in [3.8, 4) is 0 Å². The number of nitrogens with one attached hydrogen (secondary N) is 1. The van der Waals surface area contributed by atoms with E-state index in [0.29, 0.717) is 11.6 Å². The molecule has 1 unspecified atom stereocenters. The van der Waals surface area contributed by atoms with E-state index in [0.717, 1.165) is 24.9 Å². The molecule has 1 heterocycles. The number of nitrogens with zero attached hydrogens (tertiary/aromatic N) is 1. The number of halogens is 1. The number of hydrogen-bond donors (Lipinski definition) is 2. The Morgan fingerprint density at radius 3 is 2.71 bits per heavy atom. The molecule has 0 spiro atoms. The minimum atomic E-state index is -0.812. The third-order valence-electron chi connectivity index (χ3n) is 3.66. The summed E-state index contributed by atoms with van der Waals surface area (Å²) in [6.45, 7) is 1.49. The molecule has 0 aromatic heterocycles. The van der Waals surface area contributed by atoms with Gasteiger partial charge in [0.2, 0.25) is 5.91 Å². The largest absolute Gasteiger partial charge is 0.481 e. The molecule has 5 nitrogen and oxygen atoms in total. The number of aliphatic carboxylic acids is 1. The molecule has 1 aliphatic rings. The van der Waals surface area contributed by atoms with Crippen LogP contribution in [0.4, 0.5) is 0 Å². The molecular formula is C15H19ClN2O3. The molecule has 1 aromatic carbocycles. The Morgan fingerprint density at radius 2 is 2.05 bits per heavy atom. The summed E-state index contributed by atoms with van der Waals surface area (Å²) in [5.74, 6) is -0.893. The van der Waals surface area contributed by atoms with Gasteiger partial charge in [0.05, 0.1) is 13.0 Å². The number of carboxylic acid groups (broad SMARTS) is 1. The molecule has 2 N–H and O–H groups in total. The van der Waals surface area contributed by atoms with E-state index in [1.165, 1.54) is 0 Å². The number of carboxylic acids is 1. The van der Waals surface area contributed by atoms with Crippen molar-refractivity contribution in [3.63, 3.8) is 0 Å². The molecule has 21 heavy (non-hydrogen) atoms. The predicted octanol–water partition coefficient (Wildman–Crippen LogP) is 1.90. The number of amides is 1. The molecule has 0 saturated carbocycles. The summed E-state index contributed by atoms with van der Waals surface area (Å²) in [6, 6.07) is 7.28. The zero-order chi connectivity index (χ0) is 15.2. The Labute approximate surface area is 128 Å². The lowest BCUT2D eigenvalue weighted by atomic mass is 10.1. The molecular weight excluding hydrogens is 292 g/mol. The van der Waals surface area contributed by atoms with Crippen LogP contribution in [0.2, 0.25) is 5.02 Å². The molecule has 6 heteroatoms. The number of rotatable bonds is 6. The first kappa shape index (κ1) is 15.8. The highest BCUT2D eigenvalue weighted by Gasteiger charge is 2.27. The van der Waals surface area contributed by atoms with Crippen LogP contribution in [-0.4, -0.2) is 41.0 Å². The lowest BCUT2D eigenvalue weighted by Crippen LogP contribution is -2.40. The Hall–Kier alpha value is -1.59. The molecule has 0 aliphatic carbocycles. The van der Waals surface area contributed by atoms with Gasteiger partial charge in [-0.1, -0.05) is 23.7 Å². The van der Waals surface area contributed by atoms with E-state index >= 15 is 0 Å². The van der Waals surface area contributed by atoms with Gasteiger partial charge in [0.25, 0.3) is 0 Å². The second kappa shape index (κ2) is 7.43. The highest BCUT2D eigenvalue weighted by atomic mass is 35.5. The number of carbonyl (C=O) groups excluding carboxylic acids is 1. The maximum absolute atomic E-state index is 11.9. The predicted molar refractivity (Wildman–Crippen MR) is 80.1 cm³/mol. The third kappa shape index (κ3) is 5.02. The van der Waals surface area contributed by atoms with Crippen molar-refractivity contribution in [1.29, 1.82) is 0 Å². The van der Waals surface area contributed by atoms with Crippen molar-refractivity contribution >= 4 is 23.5 Å². The summed E-state index contributed by atoms with van der Waals surface area (Å²) in [5.41, 5.74) is 0.983. The van der Waals surface area contributed by atoms with Crippen molar-refractivity contribution in [3.05, 3.63) is 34.9 Å². The topological polar surface area (TPSA) is 69.6 Å². The third-order valence-corrected chi connectivity index (χ3v) is 3.91. The van der Waals surface area contributed by atoms with Crippen LogP contribution in [0.15, 0.2) is 24.3 Å². The van der Waals surface area contributed by atoms with E-state index in [-0.39, 0.29) is 24.9 Å². The molecule has 1 aromatic rings. The first-order valence-electron chi connectivity index (χ1n) is 7.01. The summed E-state index contributed by atoms with van der Waals surface area (Å²) in [5, 5.41) is 12.4. The van der Waals surface area contributed by atoms with Gasteiger partial charge in [-0.3, -0.25) is 14.5 Å². The zero-order valence-electron chi connectivity index (χ0n) is 11.7. The molecule has 1 fully saturated rings. The Morgan fingerprint density at radius 1 is 1.33 bits per heavy atom. The summed E-state index contributed by atoms with van der Waals surface area (Å²) in [4.78, 5) is 24.7. The lowest BCUT2D eigenvalue weighted by Gasteiger charge is -2.22. The average molecular weight is 311 g/mol. The van der Waals surface area contributed by atoms with Crippen LogP contribution >= 0.6 is 11.6 Å². The van der Waals surface area contributed by atoms with Crippen molar-refractivity contribution in [2.45, 2.75) is 31.8 Å². The first-order chi connectivity index (χ1) is 10.0. The minimum absolute atomic E-state index is 0.0243. The van der Waals surface area contributed by atoms with E-state index in [2.05, 4.69) is 5.32 Å². The molecule has 1 amide bonds. The Kier molecular flexibility index (Phi) is 5.59. The van der Waals surface area contributed by atoms with Gasteiger partial charge in [-0.05, 0) is 37.1 Å². The smallest absolute Gasteiger partial charge is 0.304 e. The summed E-state index contributed by atoms with van der Waals surface area (Å²) in [7, 11) is 0. The van der Waals surface area contributed by atoms with Crippen molar-refractivity contribution < 1.29 is 14.7 Å². The quantitative estimate of drug-likeness (QED) is 0.842. The molecule has 2 rings (SSSR count). The maximum atomic E-state index is 11.9. The molecule has 1 atom stereocenters. The molecule has 0 bridgehead atoms. The zero-order valence-corrected chi connectivity index (χ0v) is 12.5. The van der Waals surface area contributed by atoms with Gasteiger partial charge < -0.3 is 10.4 Å². The van der Waals surface area contributed by atoms with Gasteiger partial charge in [-0.2, -0.15) is 0 Å². The lowest BCUT2D eigenvalue weighted by molar-refractivity contribution is -0.138. The molecule has 1 aliphatic heterocycles. The highest BCUT2D eigenvalue weighted by Crippen LogP contribution is 2.19. The Bertz CT molecular complexity index is 504. The number of likely N-dealkylation sites (tertiary alicyclic amines) is 1. The highest BCUT2D eigenvalue weighted by molar-refractivity contribution is 6.30. The summed E-state index contributed by atoms with van der Waals surface area (Å²) in [6.07, 6.45) is 1.89. The second-order valence-electron chi connectivity index (χ2n) is 5.27. The van der Waals surface area contributed by atoms with Gasteiger partial charge in [-0.25, -0.2) is 0 Å². The summed E-state index contributed by atoms with van der Waals surface area (Å²) < 4.78 is 0. The van der Waals surface area contributed by atoms with Crippen LogP contribution in [-0.2, 0) is 16.1 Å². The fourth-order valence-corrected chi connectivity index (χ4v) is 2.71. The standard InChI is InChI=1S/C15H19ClN2O3/c16-12-5-3-11(4-6-12)9-17-14(19)10-18-7-1-2-13(18)8-15(20)21/h3-6,13H,1-2,7-10H2,(H,17,19)(H,20,21). The Balaban J connectivity index is 1.78. The van der Waals surface area contributed by atoms with E-state index < -0.39 is 5.97 Å². The number of benzene rings is 1. The van der Waals surface area contributed by atoms with Crippen molar-refractivity contribution in [2.24, 2.45) is 0 Å². The SMILES string of the molecule is O=C(O)CC1CCCN1CC(=O)NCc1ccc(Cl)cc1. The number of hydrogen-bond acceptors (Lipinski definition) is 3. The van der Waals surface area contributed by atoms with Crippen molar-refractivity contribution in [1.82, 2.24) is 10.2 Å².